The van der Waals surface area contributed by atoms with E-state index in [0.29, 0.717) is 15.5 Å². The lowest BCUT2D eigenvalue weighted by Gasteiger charge is -2.04. The molecule has 0 spiro atoms. The third kappa shape index (κ3) is 2.65. The van der Waals surface area contributed by atoms with Crippen LogP contribution in [0, 0.1) is 6.92 Å². The molecular weight excluding hydrogens is 387 g/mol. The van der Waals surface area contributed by atoms with Crippen LogP contribution < -0.4 is 0 Å². The van der Waals surface area contributed by atoms with Gasteiger partial charge in [0.25, 0.3) is 0 Å². The second-order valence-corrected chi connectivity index (χ2v) is 7.11. The Hall–Kier alpha value is -0.160. The minimum atomic E-state index is 0.00130. The fourth-order valence-electron chi connectivity index (χ4n) is 1.44. The highest BCUT2D eigenvalue weighted by Gasteiger charge is 2.16. The first kappa shape index (κ1) is 13.3. The molecule has 1 heterocycles. The van der Waals surface area contributed by atoms with Gasteiger partial charge >= 0.3 is 0 Å². The summed E-state index contributed by atoms with van der Waals surface area (Å²) in [7, 11) is 0. The zero-order valence-electron chi connectivity index (χ0n) is 8.76. The Morgan fingerprint density at radius 1 is 1.35 bits per heavy atom. The lowest BCUT2D eigenvalue weighted by molar-refractivity contribution is 0.104. The fraction of sp³-hybridized carbons (Fsp3) is 0.0833. The van der Waals surface area contributed by atoms with E-state index in [9.17, 15) is 4.79 Å². The molecule has 1 nitrogen and oxygen atoms in total. The summed E-state index contributed by atoms with van der Waals surface area (Å²) < 4.78 is 1.72. The van der Waals surface area contributed by atoms with Crippen molar-refractivity contribution in [1.82, 2.24) is 0 Å². The van der Waals surface area contributed by atoms with Crippen molar-refractivity contribution in [3.63, 3.8) is 0 Å². The van der Waals surface area contributed by atoms with Crippen LogP contribution in [0.25, 0.3) is 0 Å². The van der Waals surface area contributed by atoms with Crippen molar-refractivity contribution >= 4 is 60.6 Å². The van der Waals surface area contributed by atoms with Gasteiger partial charge in [-0.3, -0.25) is 4.79 Å². The number of rotatable bonds is 2. The van der Waals surface area contributed by atoms with E-state index in [2.05, 4.69) is 31.9 Å². The molecule has 0 aliphatic rings. The van der Waals surface area contributed by atoms with E-state index in [-0.39, 0.29) is 5.78 Å². The van der Waals surface area contributed by atoms with E-state index < -0.39 is 0 Å². The molecule has 0 unspecified atom stereocenters. The summed E-state index contributed by atoms with van der Waals surface area (Å²) in [5, 5.41) is 0.575. The molecule has 0 atom stereocenters. The Kier molecular flexibility index (Phi) is 4.08. The van der Waals surface area contributed by atoms with E-state index in [0.717, 1.165) is 13.8 Å². The van der Waals surface area contributed by atoms with Crippen LogP contribution in [0.3, 0.4) is 0 Å². The van der Waals surface area contributed by atoms with Crippen LogP contribution in [0.15, 0.2) is 32.5 Å². The maximum absolute atomic E-state index is 12.3. The van der Waals surface area contributed by atoms with Gasteiger partial charge in [0, 0.05) is 10.0 Å². The van der Waals surface area contributed by atoms with Gasteiger partial charge in [-0.25, -0.2) is 0 Å². The number of carbonyl (C=O) groups excluding carboxylic acids is 1. The quantitative estimate of drug-likeness (QED) is 0.618. The Labute approximate surface area is 125 Å². The van der Waals surface area contributed by atoms with Gasteiger partial charge in [0.05, 0.1) is 13.7 Å². The predicted octanol–water partition coefficient (Wildman–Crippen LogP) is 5.47. The van der Waals surface area contributed by atoms with Gasteiger partial charge in [0.15, 0.2) is 0 Å². The zero-order valence-corrected chi connectivity index (χ0v) is 13.5. The molecule has 1 aromatic carbocycles. The molecule has 0 aliphatic heterocycles. The van der Waals surface area contributed by atoms with Gasteiger partial charge in [-0.1, -0.05) is 39.7 Å². The molecule has 0 amide bonds. The highest BCUT2D eigenvalue weighted by atomic mass is 79.9. The van der Waals surface area contributed by atoms with Crippen molar-refractivity contribution in [2.75, 3.05) is 0 Å². The molecule has 0 N–H and O–H groups in total. The Balaban J connectivity index is 2.47. The molecule has 0 bridgehead atoms. The van der Waals surface area contributed by atoms with Crippen LogP contribution in [0.5, 0.6) is 0 Å². The molecule has 0 saturated carbocycles. The summed E-state index contributed by atoms with van der Waals surface area (Å²) in [5.41, 5.74) is 1.64. The van der Waals surface area contributed by atoms with Crippen LogP contribution in [0.1, 0.15) is 20.8 Å². The topological polar surface area (TPSA) is 17.1 Å². The number of hydrogen-bond donors (Lipinski definition) is 0. The molecule has 0 radical (unpaired) electrons. The van der Waals surface area contributed by atoms with E-state index in [4.69, 9.17) is 11.6 Å². The number of hydrogen-bond acceptors (Lipinski definition) is 2. The molecular formula is C12H7Br2ClOS. The number of benzene rings is 1. The third-order valence-electron chi connectivity index (χ3n) is 2.38. The minimum absolute atomic E-state index is 0.00130. The van der Waals surface area contributed by atoms with Gasteiger partial charge in [-0.2, -0.15) is 0 Å². The highest BCUT2D eigenvalue weighted by molar-refractivity contribution is 9.11. The molecule has 0 saturated heterocycles. The maximum atomic E-state index is 12.3. The number of ketones is 1. The minimum Gasteiger partial charge on any atom is -0.288 e. The normalized spacial score (nSPS) is 10.6. The van der Waals surface area contributed by atoms with Crippen molar-refractivity contribution in [2.45, 2.75) is 6.92 Å². The summed E-state index contributed by atoms with van der Waals surface area (Å²) in [6.07, 6.45) is 0. The highest BCUT2D eigenvalue weighted by Crippen LogP contribution is 2.34. The number of carbonyl (C=O) groups is 1. The average molecular weight is 395 g/mol. The van der Waals surface area contributed by atoms with Crippen molar-refractivity contribution in [3.05, 3.63) is 53.6 Å². The first-order chi connectivity index (χ1) is 8.00. The van der Waals surface area contributed by atoms with Gasteiger partial charge in [0.2, 0.25) is 5.78 Å². The van der Waals surface area contributed by atoms with E-state index >= 15 is 0 Å². The SMILES string of the molecule is Cc1c(Br)cccc1C(=O)c1cc(Cl)c(Br)s1. The standard InChI is InChI=1S/C12H7Br2ClOS/c1-6-7(3-2-4-8(6)13)11(16)10-5-9(15)12(14)17-10/h2-5H,1H3. The fourth-order valence-corrected chi connectivity index (χ4v) is 3.47. The summed E-state index contributed by atoms with van der Waals surface area (Å²) in [6.45, 7) is 1.92. The van der Waals surface area contributed by atoms with Gasteiger partial charge in [-0.05, 0) is 40.5 Å². The second kappa shape index (κ2) is 5.22. The first-order valence-corrected chi connectivity index (χ1v) is 7.53. The van der Waals surface area contributed by atoms with E-state index in [1.165, 1.54) is 11.3 Å². The smallest absolute Gasteiger partial charge is 0.203 e. The summed E-state index contributed by atoms with van der Waals surface area (Å²) in [6, 6.07) is 7.29. The molecule has 0 aliphatic carbocycles. The second-order valence-electron chi connectivity index (χ2n) is 3.47. The van der Waals surface area contributed by atoms with Crippen LogP contribution >= 0.6 is 54.8 Å². The van der Waals surface area contributed by atoms with Crippen LogP contribution in [-0.2, 0) is 0 Å². The van der Waals surface area contributed by atoms with Crippen LogP contribution in [0.4, 0.5) is 0 Å². The molecule has 2 aromatic rings. The van der Waals surface area contributed by atoms with Gasteiger partial charge in [0.1, 0.15) is 0 Å². The van der Waals surface area contributed by atoms with Crippen LogP contribution in [0.2, 0.25) is 5.02 Å². The molecule has 0 fully saturated rings. The zero-order chi connectivity index (χ0) is 12.6. The maximum Gasteiger partial charge on any atom is 0.203 e. The van der Waals surface area contributed by atoms with Crippen molar-refractivity contribution in [3.8, 4) is 0 Å². The van der Waals surface area contributed by atoms with Crippen molar-refractivity contribution in [2.24, 2.45) is 0 Å². The van der Waals surface area contributed by atoms with Crippen molar-refractivity contribution < 1.29 is 4.79 Å². The Morgan fingerprint density at radius 3 is 2.65 bits per heavy atom. The van der Waals surface area contributed by atoms with E-state index in [1.807, 2.05) is 25.1 Å². The monoisotopic (exact) mass is 392 g/mol. The average Bonchev–Trinajstić information content (AvgIpc) is 2.62. The molecule has 5 heteroatoms. The molecule has 88 valence electrons. The van der Waals surface area contributed by atoms with Gasteiger partial charge in [-0.15, -0.1) is 11.3 Å². The summed E-state index contributed by atoms with van der Waals surface area (Å²) in [5.74, 6) is 0.00130. The largest absolute Gasteiger partial charge is 0.288 e. The lowest BCUT2D eigenvalue weighted by Crippen LogP contribution is -2.01. The Bertz CT molecular complexity index is 573. The molecule has 17 heavy (non-hydrogen) atoms. The number of thiophene rings is 1. The van der Waals surface area contributed by atoms with Gasteiger partial charge < -0.3 is 0 Å². The van der Waals surface area contributed by atoms with E-state index in [1.54, 1.807) is 6.07 Å². The third-order valence-corrected chi connectivity index (χ3v) is 5.71. The summed E-state index contributed by atoms with van der Waals surface area (Å²) in [4.78, 5) is 12.9. The summed E-state index contributed by atoms with van der Waals surface area (Å²) >= 11 is 14.0. The van der Waals surface area contributed by atoms with Crippen LogP contribution in [-0.4, -0.2) is 5.78 Å². The Morgan fingerprint density at radius 2 is 2.06 bits per heavy atom. The van der Waals surface area contributed by atoms with Crippen molar-refractivity contribution in [1.29, 1.82) is 0 Å². The first-order valence-electron chi connectivity index (χ1n) is 4.75. The number of halogens is 3. The lowest BCUT2D eigenvalue weighted by atomic mass is 10.0. The molecule has 2 rings (SSSR count). The molecule has 1 aromatic heterocycles. The predicted molar refractivity (Wildman–Crippen MR) is 79.3 cm³/mol.